The summed E-state index contributed by atoms with van der Waals surface area (Å²) >= 11 is 0. The van der Waals surface area contributed by atoms with Crippen molar-refractivity contribution >= 4 is 11.6 Å². The highest BCUT2D eigenvalue weighted by molar-refractivity contribution is 6.04. The Bertz CT molecular complexity index is 604. The van der Waals surface area contributed by atoms with Gasteiger partial charge < -0.3 is 5.32 Å². The molecule has 1 fully saturated rings. The summed E-state index contributed by atoms with van der Waals surface area (Å²) in [4.78, 5) is 14.6. The molecule has 0 aromatic heterocycles. The fraction of sp³-hybridized carbons (Fsp3) is 0.278. The molecule has 0 saturated carbocycles. The van der Waals surface area contributed by atoms with Gasteiger partial charge in [-0.2, -0.15) is 0 Å². The monoisotopic (exact) mass is 280 g/mol. The number of hydrogen-bond acceptors (Lipinski definition) is 2. The third-order valence-electron chi connectivity index (χ3n) is 3.83. The Hall–Kier alpha value is -2.13. The summed E-state index contributed by atoms with van der Waals surface area (Å²) in [6, 6.07) is 17.4. The zero-order chi connectivity index (χ0) is 14.5. The van der Waals surface area contributed by atoms with Gasteiger partial charge in [0.1, 0.15) is 0 Å². The van der Waals surface area contributed by atoms with Crippen molar-refractivity contribution in [3.63, 3.8) is 0 Å². The van der Waals surface area contributed by atoms with Crippen LogP contribution in [0.5, 0.6) is 0 Å². The molecule has 3 heteroatoms. The van der Waals surface area contributed by atoms with E-state index in [4.69, 9.17) is 0 Å². The van der Waals surface area contributed by atoms with Crippen LogP contribution in [0.25, 0.3) is 0 Å². The zero-order valence-electron chi connectivity index (χ0n) is 12.1. The topological polar surface area (TPSA) is 32.3 Å². The standard InChI is InChI=1S/C18H20N2O/c21-18(16-8-2-1-3-9-16)19-17-10-6-7-15(13-17)14-20-11-4-5-12-20/h1-3,6-10,13H,4-5,11-12,14H2,(H,19,21). The number of carbonyl (C=O) groups is 1. The molecule has 0 atom stereocenters. The largest absolute Gasteiger partial charge is 0.322 e. The van der Waals surface area contributed by atoms with E-state index < -0.39 is 0 Å². The lowest BCUT2D eigenvalue weighted by molar-refractivity contribution is 0.102. The first-order valence-electron chi connectivity index (χ1n) is 7.49. The third kappa shape index (κ3) is 3.70. The van der Waals surface area contributed by atoms with Crippen LogP contribution in [0.1, 0.15) is 28.8 Å². The van der Waals surface area contributed by atoms with Gasteiger partial charge in [-0.1, -0.05) is 30.3 Å². The van der Waals surface area contributed by atoms with Crippen molar-refractivity contribution in [2.45, 2.75) is 19.4 Å². The highest BCUT2D eigenvalue weighted by Crippen LogP contribution is 2.16. The molecule has 1 aliphatic heterocycles. The van der Waals surface area contributed by atoms with Gasteiger partial charge in [0.15, 0.2) is 0 Å². The predicted molar refractivity (Wildman–Crippen MR) is 85.3 cm³/mol. The molecule has 3 nitrogen and oxygen atoms in total. The molecule has 0 radical (unpaired) electrons. The summed E-state index contributed by atoms with van der Waals surface area (Å²) in [6.45, 7) is 3.33. The van der Waals surface area contributed by atoms with Crippen molar-refractivity contribution in [1.82, 2.24) is 4.90 Å². The molecule has 21 heavy (non-hydrogen) atoms. The first-order chi connectivity index (χ1) is 10.3. The molecule has 1 saturated heterocycles. The van der Waals surface area contributed by atoms with E-state index in [1.165, 1.54) is 31.5 Å². The number of anilines is 1. The minimum atomic E-state index is -0.0612. The zero-order valence-corrected chi connectivity index (χ0v) is 12.1. The Morgan fingerprint density at radius 2 is 1.76 bits per heavy atom. The van der Waals surface area contributed by atoms with E-state index in [1.807, 2.05) is 42.5 Å². The molecule has 1 amide bonds. The number of nitrogens with zero attached hydrogens (tertiary/aromatic N) is 1. The molecule has 0 spiro atoms. The van der Waals surface area contributed by atoms with Gasteiger partial charge >= 0.3 is 0 Å². The molecule has 1 N–H and O–H groups in total. The quantitative estimate of drug-likeness (QED) is 0.929. The fourth-order valence-electron chi connectivity index (χ4n) is 2.74. The molecular weight excluding hydrogens is 260 g/mol. The predicted octanol–water partition coefficient (Wildman–Crippen LogP) is 3.53. The van der Waals surface area contributed by atoms with E-state index in [2.05, 4.69) is 22.3 Å². The number of carbonyl (C=O) groups excluding carboxylic acids is 1. The van der Waals surface area contributed by atoms with Gasteiger partial charge in [0.25, 0.3) is 5.91 Å². The Kier molecular flexibility index (Phi) is 4.31. The van der Waals surface area contributed by atoms with Crippen LogP contribution in [-0.4, -0.2) is 23.9 Å². The number of amides is 1. The van der Waals surface area contributed by atoms with Crippen molar-refractivity contribution < 1.29 is 4.79 Å². The van der Waals surface area contributed by atoms with E-state index in [0.717, 1.165) is 12.2 Å². The molecule has 1 heterocycles. The van der Waals surface area contributed by atoms with Crippen LogP contribution in [0.3, 0.4) is 0 Å². The van der Waals surface area contributed by atoms with Crippen molar-refractivity contribution in [3.8, 4) is 0 Å². The lowest BCUT2D eigenvalue weighted by Gasteiger charge is -2.15. The number of likely N-dealkylation sites (tertiary alicyclic amines) is 1. The van der Waals surface area contributed by atoms with Crippen molar-refractivity contribution in [2.75, 3.05) is 18.4 Å². The van der Waals surface area contributed by atoms with Crippen LogP contribution < -0.4 is 5.32 Å². The van der Waals surface area contributed by atoms with Crippen LogP contribution >= 0.6 is 0 Å². The SMILES string of the molecule is O=C(Nc1cccc(CN2CCCC2)c1)c1ccccc1. The Morgan fingerprint density at radius 3 is 2.52 bits per heavy atom. The van der Waals surface area contributed by atoms with Gasteiger partial charge in [-0.05, 0) is 55.8 Å². The molecule has 0 aliphatic carbocycles. The number of hydrogen-bond donors (Lipinski definition) is 1. The average Bonchev–Trinajstić information content (AvgIpc) is 3.01. The minimum absolute atomic E-state index is 0.0612. The second-order valence-corrected chi connectivity index (χ2v) is 5.50. The highest BCUT2D eigenvalue weighted by atomic mass is 16.1. The molecule has 2 aromatic carbocycles. The lowest BCUT2D eigenvalue weighted by atomic mass is 10.1. The van der Waals surface area contributed by atoms with Gasteiger partial charge in [0.05, 0.1) is 0 Å². The normalized spacial score (nSPS) is 15.0. The van der Waals surface area contributed by atoms with Crippen LogP contribution in [0.4, 0.5) is 5.69 Å². The van der Waals surface area contributed by atoms with E-state index in [9.17, 15) is 4.79 Å². The second kappa shape index (κ2) is 6.55. The first kappa shape index (κ1) is 13.8. The van der Waals surface area contributed by atoms with Gasteiger partial charge in [-0.25, -0.2) is 0 Å². The summed E-state index contributed by atoms with van der Waals surface area (Å²) in [5.41, 5.74) is 2.80. The Labute approximate surface area is 125 Å². The Morgan fingerprint density at radius 1 is 1.00 bits per heavy atom. The van der Waals surface area contributed by atoms with Gasteiger partial charge in [-0.15, -0.1) is 0 Å². The van der Waals surface area contributed by atoms with Crippen LogP contribution in [-0.2, 0) is 6.54 Å². The Balaban J connectivity index is 1.66. The molecule has 0 bridgehead atoms. The van der Waals surface area contributed by atoms with Crippen LogP contribution in [0.15, 0.2) is 54.6 Å². The maximum absolute atomic E-state index is 12.1. The molecule has 108 valence electrons. The van der Waals surface area contributed by atoms with Gasteiger partial charge in [0, 0.05) is 17.8 Å². The molecule has 3 rings (SSSR count). The minimum Gasteiger partial charge on any atom is -0.322 e. The van der Waals surface area contributed by atoms with Crippen molar-refractivity contribution in [2.24, 2.45) is 0 Å². The number of benzene rings is 2. The van der Waals surface area contributed by atoms with Crippen molar-refractivity contribution in [1.29, 1.82) is 0 Å². The van der Waals surface area contributed by atoms with Crippen molar-refractivity contribution in [3.05, 3.63) is 65.7 Å². The third-order valence-corrected chi connectivity index (χ3v) is 3.83. The van der Waals surface area contributed by atoms with E-state index >= 15 is 0 Å². The smallest absolute Gasteiger partial charge is 0.255 e. The number of nitrogens with one attached hydrogen (secondary N) is 1. The van der Waals surface area contributed by atoms with Crippen LogP contribution in [0, 0.1) is 0 Å². The molecule has 2 aromatic rings. The van der Waals surface area contributed by atoms with Crippen LogP contribution in [0.2, 0.25) is 0 Å². The van der Waals surface area contributed by atoms with E-state index in [-0.39, 0.29) is 5.91 Å². The first-order valence-corrected chi connectivity index (χ1v) is 7.49. The van der Waals surface area contributed by atoms with E-state index in [0.29, 0.717) is 5.56 Å². The summed E-state index contributed by atoms with van der Waals surface area (Å²) in [5, 5.41) is 2.97. The van der Waals surface area contributed by atoms with Gasteiger partial charge in [-0.3, -0.25) is 9.69 Å². The average molecular weight is 280 g/mol. The molecule has 0 unspecified atom stereocenters. The second-order valence-electron chi connectivity index (χ2n) is 5.50. The summed E-state index contributed by atoms with van der Waals surface area (Å²) < 4.78 is 0. The summed E-state index contributed by atoms with van der Waals surface area (Å²) in [7, 11) is 0. The molecule has 1 aliphatic rings. The summed E-state index contributed by atoms with van der Waals surface area (Å²) in [5.74, 6) is -0.0612. The maximum Gasteiger partial charge on any atom is 0.255 e. The van der Waals surface area contributed by atoms with E-state index in [1.54, 1.807) is 0 Å². The maximum atomic E-state index is 12.1. The lowest BCUT2D eigenvalue weighted by Crippen LogP contribution is -2.18. The molecular formula is C18H20N2O. The fourth-order valence-corrected chi connectivity index (χ4v) is 2.74. The summed E-state index contributed by atoms with van der Waals surface area (Å²) in [6.07, 6.45) is 2.59. The van der Waals surface area contributed by atoms with Gasteiger partial charge in [0.2, 0.25) is 0 Å². The number of rotatable bonds is 4. The highest BCUT2D eigenvalue weighted by Gasteiger charge is 2.12.